The molecular weight excluding hydrogens is 349 g/mol. The topological polar surface area (TPSA) is 47.6 Å². The van der Waals surface area contributed by atoms with E-state index in [0.717, 1.165) is 17.7 Å². The van der Waals surface area contributed by atoms with Crippen molar-refractivity contribution >= 4 is 40.9 Å². The molecule has 0 radical (unpaired) electrons. The highest BCUT2D eigenvalue weighted by atomic mass is 35.5. The van der Waals surface area contributed by atoms with Crippen molar-refractivity contribution in [2.45, 2.75) is 6.42 Å². The number of hydrogen-bond donors (Lipinski definition) is 1. The van der Waals surface area contributed by atoms with Crippen molar-refractivity contribution in [2.24, 2.45) is 0 Å². The molecule has 0 saturated carbocycles. The fourth-order valence-electron chi connectivity index (χ4n) is 2.23. The van der Waals surface area contributed by atoms with Gasteiger partial charge in [-0.1, -0.05) is 35.3 Å². The maximum absolute atomic E-state index is 12.0. The minimum absolute atomic E-state index is 0.300. The van der Waals surface area contributed by atoms with Crippen LogP contribution in [0.4, 0.5) is 5.69 Å². The summed E-state index contributed by atoms with van der Waals surface area (Å²) in [6.07, 6.45) is 3.97. The van der Waals surface area contributed by atoms with Crippen LogP contribution in [0.15, 0.2) is 42.5 Å². The Kier molecular flexibility index (Phi) is 5.28. The second-order valence-electron chi connectivity index (χ2n) is 5.18. The lowest BCUT2D eigenvalue weighted by Crippen LogP contribution is -2.08. The number of halogens is 2. The Morgan fingerprint density at radius 2 is 1.88 bits per heavy atom. The molecule has 3 rings (SSSR count). The van der Waals surface area contributed by atoms with Crippen LogP contribution in [0.1, 0.15) is 12.0 Å². The maximum Gasteiger partial charge on any atom is 0.248 e. The molecule has 124 valence electrons. The molecule has 1 N–H and O–H groups in total. The summed E-state index contributed by atoms with van der Waals surface area (Å²) in [5.74, 6) is 1.11. The summed E-state index contributed by atoms with van der Waals surface area (Å²) < 4.78 is 11.2. The minimum atomic E-state index is -0.300. The summed E-state index contributed by atoms with van der Waals surface area (Å²) >= 11 is 12.0. The van der Waals surface area contributed by atoms with Crippen molar-refractivity contribution in [1.82, 2.24) is 0 Å². The number of fused-ring (bicyclic) bond motifs is 1. The molecule has 2 aromatic rings. The first-order valence-corrected chi connectivity index (χ1v) is 8.22. The van der Waals surface area contributed by atoms with Gasteiger partial charge in [0.1, 0.15) is 0 Å². The minimum Gasteiger partial charge on any atom is -0.490 e. The van der Waals surface area contributed by atoms with Gasteiger partial charge in [0.05, 0.1) is 28.9 Å². The van der Waals surface area contributed by atoms with Crippen LogP contribution in [0.5, 0.6) is 11.5 Å². The highest BCUT2D eigenvalue weighted by Crippen LogP contribution is 2.31. The first-order valence-electron chi connectivity index (χ1n) is 7.46. The number of hydrogen-bond acceptors (Lipinski definition) is 3. The third-order valence-electron chi connectivity index (χ3n) is 3.41. The van der Waals surface area contributed by atoms with Gasteiger partial charge in [-0.15, -0.1) is 0 Å². The van der Waals surface area contributed by atoms with Crippen LogP contribution < -0.4 is 14.8 Å². The van der Waals surface area contributed by atoms with E-state index >= 15 is 0 Å². The molecule has 0 bridgehead atoms. The fourth-order valence-corrected chi connectivity index (χ4v) is 2.58. The monoisotopic (exact) mass is 363 g/mol. The van der Waals surface area contributed by atoms with Crippen LogP contribution in [-0.4, -0.2) is 19.1 Å². The Hall–Kier alpha value is -2.17. The van der Waals surface area contributed by atoms with Gasteiger partial charge in [-0.05, 0) is 35.9 Å². The molecule has 0 spiro atoms. The smallest absolute Gasteiger partial charge is 0.248 e. The lowest BCUT2D eigenvalue weighted by Gasteiger charge is -2.08. The van der Waals surface area contributed by atoms with E-state index in [1.807, 2.05) is 18.2 Å². The van der Waals surface area contributed by atoms with Crippen molar-refractivity contribution in [1.29, 1.82) is 0 Å². The number of ether oxygens (including phenoxy) is 2. The number of amides is 1. The second kappa shape index (κ2) is 7.60. The molecule has 24 heavy (non-hydrogen) atoms. The molecule has 0 saturated heterocycles. The zero-order valence-corrected chi connectivity index (χ0v) is 14.2. The van der Waals surface area contributed by atoms with E-state index in [1.165, 1.54) is 6.08 Å². The number of benzene rings is 2. The van der Waals surface area contributed by atoms with Crippen molar-refractivity contribution in [3.8, 4) is 11.5 Å². The Balaban J connectivity index is 1.70. The largest absolute Gasteiger partial charge is 0.490 e. The van der Waals surface area contributed by atoms with Crippen LogP contribution >= 0.6 is 23.2 Å². The number of nitrogens with one attached hydrogen (secondary N) is 1. The van der Waals surface area contributed by atoms with Crippen molar-refractivity contribution < 1.29 is 14.3 Å². The zero-order chi connectivity index (χ0) is 16.9. The maximum atomic E-state index is 12.0. The van der Waals surface area contributed by atoms with E-state index in [4.69, 9.17) is 32.7 Å². The molecule has 0 unspecified atom stereocenters. The van der Waals surface area contributed by atoms with Gasteiger partial charge in [-0.2, -0.15) is 0 Å². The van der Waals surface area contributed by atoms with E-state index < -0.39 is 0 Å². The first-order chi connectivity index (χ1) is 11.6. The predicted molar refractivity (Wildman–Crippen MR) is 96.2 cm³/mol. The van der Waals surface area contributed by atoms with Gasteiger partial charge in [0.25, 0.3) is 0 Å². The lowest BCUT2D eigenvalue weighted by atomic mass is 10.2. The van der Waals surface area contributed by atoms with E-state index in [2.05, 4.69) is 5.32 Å². The molecule has 6 heteroatoms. The molecule has 1 aliphatic heterocycles. The number of anilines is 1. The molecule has 0 aliphatic carbocycles. The summed E-state index contributed by atoms with van der Waals surface area (Å²) in [6.45, 7) is 1.26. The summed E-state index contributed by atoms with van der Waals surface area (Å²) in [6, 6.07) is 10.6. The summed E-state index contributed by atoms with van der Waals surface area (Å²) in [5.41, 5.74) is 1.31. The van der Waals surface area contributed by atoms with Crippen molar-refractivity contribution in [3.63, 3.8) is 0 Å². The Labute approximate surface area is 150 Å². The molecule has 1 aliphatic rings. The lowest BCUT2D eigenvalue weighted by molar-refractivity contribution is -0.111. The Morgan fingerprint density at radius 3 is 2.71 bits per heavy atom. The van der Waals surface area contributed by atoms with Gasteiger partial charge in [0.2, 0.25) is 5.91 Å². The number of carbonyl (C=O) groups is 1. The van der Waals surface area contributed by atoms with Gasteiger partial charge >= 0.3 is 0 Å². The fraction of sp³-hybridized carbons (Fsp3) is 0.167. The molecular formula is C18H15Cl2NO3. The first kappa shape index (κ1) is 16.7. The van der Waals surface area contributed by atoms with Gasteiger partial charge in [-0.3, -0.25) is 4.79 Å². The molecule has 0 aromatic heterocycles. The highest BCUT2D eigenvalue weighted by molar-refractivity contribution is 6.44. The molecule has 0 fully saturated rings. The van der Waals surface area contributed by atoms with E-state index in [1.54, 1.807) is 24.3 Å². The number of carbonyl (C=O) groups excluding carboxylic acids is 1. The summed E-state index contributed by atoms with van der Waals surface area (Å²) in [4.78, 5) is 12.0. The SMILES string of the molecule is O=C(/C=C/c1ccc2c(c1)OCCCO2)Nc1cccc(Cl)c1Cl. The van der Waals surface area contributed by atoms with Gasteiger partial charge in [-0.25, -0.2) is 0 Å². The van der Waals surface area contributed by atoms with E-state index in [0.29, 0.717) is 34.7 Å². The van der Waals surface area contributed by atoms with Crippen LogP contribution in [-0.2, 0) is 4.79 Å². The predicted octanol–water partition coefficient (Wildman–Crippen LogP) is 4.81. The van der Waals surface area contributed by atoms with E-state index in [-0.39, 0.29) is 5.91 Å². The van der Waals surface area contributed by atoms with Gasteiger partial charge in [0, 0.05) is 12.5 Å². The molecule has 1 heterocycles. The van der Waals surface area contributed by atoms with E-state index in [9.17, 15) is 4.79 Å². The van der Waals surface area contributed by atoms with Gasteiger partial charge in [0.15, 0.2) is 11.5 Å². The Bertz CT molecular complexity index is 790. The summed E-state index contributed by atoms with van der Waals surface area (Å²) in [7, 11) is 0. The highest BCUT2D eigenvalue weighted by Gasteiger charge is 2.10. The third kappa shape index (κ3) is 4.02. The molecule has 1 amide bonds. The zero-order valence-electron chi connectivity index (χ0n) is 12.7. The standard InChI is InChI=1S/C18H15Cl2NO3/c19-13-3-1-4-14(18(13)20)21-17(22)8-6-12-5-7-15-16(11-12)24-10-2-9-23-15/h1,3-8,11H,2,9-10H2,(H,21,22)/b8-6+. The average Bonchev–Trinajstić information content (AvgIpc) is 2.82. The second-order valence-corrected chi connectivity index (χ2v) is 5.97. The van der Waals surface area contributed by atoms with Crippen LogP contribution in [0.3, 0.4) is 0 Å². The van der Waals surface area contributed by atoms with Crippen molar-refractivity contribution in [3.05, 3.63) is 58.1 Å². The Morgan fingerprint density at radius 1 is 1.08 bits per heavy atom. The van der Waals surface area contributed by atoms with Crippen LogP contribution in [0, 0.1) is 0 Å². The molecule has 2 aromatic carbocycles. The molecule has 0 atom stereocenters. The number of rotatable bonds is 3. The van der Waals surface area contributed by atoms with Crippen LogP contribution in [0.2, 0.25) is 10.0 Å². The van der Waals surface area contributed by atoms with Gasteiger partial charge < -0.3 is 14.8 Å². The average molecular weight is 364 g/mol. The summed E-state index contributed by atoms with van der Waals surface area (Å²) in [5, 5.41) is 3.40. The normalized spacial score (nSPS) is 13.6. The van der Waals surface area contributed by atoms with Crippen molar-refractivity contribution in [2.75, 3.05) is 18.5 Å². The quantitative estimate of drug-likeness (QED) is 0.796. The third-order valence-corrected chi connectivity index (χ3v) is 4.23. The molecule has 4 nitrogen and oxygen atoms in total. The van der Waals surface area contributed by atoms with Crippen LogP contribution in [0.25, 0.3) is 6.08 Å².